The normalized spacial score (nSPS) is 13.6. The molecule has 6 rings (SSSR count). The summed E-state index contributed by atoms with van der Waals surface area (Å²) in [5.41, 5.74) is 14.0. The summed E-state index contributed by atoms with van der Waals surface area (Å²) in [7, 11) is 0. The molecule has 1 N–H and O–H groups in total. The Bertz CT molecular complexity index is 1620. The summed E-state index contributed by atoms with van der Waals surface area (Å²) in [5, 5.41) is 3.93. The van der Waals surface area contributed by atoms with Crippen LogP contribution in [-0.2, 0) is 10.8 Å². The van der Waals surface area contributed by atoms with E-state index in [0.29, 0.717) is 0 Å². The molecule has 0 saturated heterocycles. The lowest BCUT2D eigenvalue weighted by molar-refractivity contribution is 0.589. The van der Waals surface area contributed by atoms with Crippen LogP contribution in [-0.4, -0.2) is 0 Å². The first kappa shape index (κ1) is 24.2. The Hall–Kier alpha value is -4.10. The number of rotatable bonds is 4. The highest BCUT2D eigenvalue weighted by Crippen LogP contribution is 2.54. The molecule has 38 heavy (non-hydrogen) atoms. The lowest BCUT2D eigenvalue weighted by Crippen LogP contribution is -2.18. The zero-order chi connectivity index (χ0) is 26.5. The SMILES string of the molecule is CC(C)(C)c1cccc2c1-c1cccc(Nc3cc(-c4ccccc4)ccc3-c3ccccc3)c1C2(C)C. The second kappa shape index (κ2) is 9.03. The molecule has 0 radical (unpaired) electrons. The standard InChI is InChI=1S/C37H35N/c1-36(2,3)30-19-13-20-31-34(30)29-18-12-21-32(35(29)37(31,4)5)38-33-24-27(25-14-8-6-9-15-25)22-23-28(33)26-16-10-7-11-17-26/h6-24,38H,1-5H3. The Morgan fingerprint density at radius 3 is 1.89 bits per heavy atom. The van der Waals surface area contributed by atoms with Crippen LogP contribution in [0.4, 0.5) is 11.4 Å². The molecule has 0 fully saturated rings. The van der Waals surface area contributed by atoms with Crippen LogP contribution in [0.25, 0.3) is 33.4 Å². The van der Waals surface area contributed by atoms with Gasteiger partial charge in [-0.25, -0.2) is 0 Å². The van der Waals surface area contributed by atoms with E-state index in [2.05, 4.69) is 155 Å². The summed E-state index contributed by atoms with van der Waals surface area (Å²) in [6, 6.07) is 41.7. The molecule has 0 unspecified atom stereocenters. The average Bonchev–Trinajstić information content (AvgIpc) is 3.16. The number of anilines is 2. The molecular formula is C37H35N. The maximum absolute atomic E-state index is 3.93. The number of hydrogen-bond donors (Lipinski definition) is 1. The Labute approximate surface area is 227 Å². The first-order valence-corrected chi connectivity index (χ1v) is 13.5. The van der Waals surface area contributed by atoms with Gasteiger partial charge in [0.25, 0.3) is 0 Å². The molecule has 0 bridgehead atoms. The van der Waals surface area contributed by atoms with Gasteiger partial charge in [-0.15, -0.1) is 0 Å². The lowest BCUT2D eigenvalue weighted by Gasteiger charge is -2.26. The van der Waals surface area contributed by atoms with Gasteiger partial charge in [0.05, 0.1) is 0 Å². The van der Waals surface area contributed by atoms with Gasteiger partial charge in [-0.3, -0.25) is 0 Å². The predicted octanol–water partition coefficient (Wildman–Crippen LogP) is 10.4. The smallest absolute Gasteiger partial charge is 0.0470 e. The highest BCUT2D eigenvalue weighted by atomic mass is 14.9. The van der Waals surface area contributed by atoms with Crippen molar-refractivity contribution in [3.63, 3.8) is 0 Å². The second-order valence-electron chi connectivity index (χ2n) is 11.9. The van der Waals surface area contributed by atoms with Crippen LogP contribution in [0.5, 0.6) is 0 Å². The summed E-state index contributed by atoms with van der Waals surface area (Å²) >= 11 is 0. The highest BCUT2D eigenvalue weighted by Gasteiger charge is 2.40. The monoisotopic (exact) mass is 493 g/mol. The van der Waals surface area contributed by atoms with Crippen molar-refractivity contribution >= 4 is 11.4 Å². The van der Waals surface area contributed by atoms with Crippen LogP contribution in [0.3, 0.4) is 0 Å². The van der Waals surface area contributed by atoms with E-state index in [4.69, 9.17) is 0 Å². The van der Waals surface area contributed by atoms with Crippen LogP contribution >= 0.6 is 0 Å². The van der Waals surface area contributed by atoms with E-state index < -0.39 is 0 Å². The molecule has 1 aliphatic rings. The van der Waals surface area contributed by atoms with Gasteiger partial charge in [-0.05, 0) is 62.1 Å². The van der Waals surface area contributed by atoms with E-state index in [1.54, 1.807) is 0 Å². The molecular weight excluding hydrogens is 458 g/mol. The van der Waals surface area contributed by atoms with Gasteiger partial charge in [0.15, 0.2) is 0 Å². The van der Waals surface area contributed by atoms with Crippen molar-refractivity contribution in [2.24, 2.45) is 0 Å². The zero-order valence-corrected chi connectivity index (χ0v) is 23.0. The maximum Gasteiger partial charge on any atom is 0.0470 e. The third-order valence-electron chi connectivity index (χ3n) is 7.99. The number of fused-ring (bicyclic) bond motifs is 3. The van der Waals surface area contributed by atoms with Gasteiger partial charge in [0, 0.05) is 22.4 Å². The molecule has 0 aliphatic heterocycles. The van der Waals surface area contributed by atoms with Crippen molar-refractivity contribution in [2.75, 3.05) is 5.32 Å². The maximum atomic E-state index is 3.93. The van der Waals surface area contributed by atoms with Gasteiger partial charge < -0.3 is 5.32 Å². The fraction of sp³-hybridized carbons (Fsp3) is 0.189. The molecule has 0 saturated carbocycles. The molecule has 1 aliphatic carbocycles. The molecule has 5 aromatic carbocycles. The van der Waals surface area contributed by atoms with Gasteiger partial charge in [-0.1, -0.05) is 138 Å². The van der Waals surface area contributed by atoms with Crippen molar-refractivity contribution in [1.82, 2.24) is 0 Å². The topological polar surface area (TPSA) is 12.0 Å². The summed E-state index contributed by atoms with van der Waals surface area (Å²) in [4.78, 5) is 0. The van der Waals surface area contributed by atoms with Crippen LogP contribution in [0.1, 0.15) is 51.3 Å². The number of nitrogens with one attached hydrogen (secondary N) is 1. The fourth-order valence-corrected chi connectivity index (χ4v) is 6.13. The second-order valence-corrected chi connectivity index (χ2v) is 11.9. The molecule has 0 heterocycles. The van der Waals surface area contributed by atoms with Crippen LogP contribution in [0.15, 0.2) is 115 Å². The molecule has 1 heteroatoms. The summed E-state index contributed by atoms with van der Waals surface area (Å²) in [6.07, 6.45) is 0. The third-order valence-corrected chi connectivity index (χ3v) is 7.99. The Morgan fingerprint density at radius 1 is 0.553 bits per heavy atom. The minimum absolute atomic E-state index is 0.0664. The molecule has 188 valence electrons. The quantitative estimate of drug-likeness (QED) is 0.262. The van der Waals surface area contributed by atoms with Crippen molar-refractivity contribution < 1.29 is 0 Å². The minimum atomic E-state index is -0.112. The van der Waals surface area contributed by atoms with Crippen molar-refractivity contribution in [3.05, 3.63) is 132 Å². The van der Waals surface area contributed by atoms with Crippen molar-refractivity contribution in [3.8, 4) is 33.4 Å². The zero-order valence-electron chi connectivity index (χ0n) is 23.0. The summed E-state index contributed by atoms with van der Waals surface area (Å²) < 4.78 is 0. The Kier molecular flexibility index (Phi) is 5.76. The summed E-state index contributed by atoms with van der Waals surface area (Å²) in [5.74, 6) is 0. The highest BCUT2D eigenvalue weighted by molar-refractivity contribution is 5.92. The molecule has 1 nitrogen and oxygen atoms in total. The lowest BCUT2D eigenvalue weighted by atomic mass is 9.78. The van der Waals surface area contributed by atoms with E-state index in [0.717, 1.165) is 5.69 Å². The van der Waals surface area contributed by atoms with E-state index in [-0.39, 0.29) is 10.8 Å². The first-order valence-electron chi connectivity index (χ1n) is 13.5. The first-order chi connectivity index (χ1) is 18.2. The molecule has 0 atom stereocenters. The van der Waals surface area contributed by atoms with Gasteiger partial charge in [0.1, 0.15) is 0 Å². The van der Waals surface area contributed by atoms with Gasteiger partial charge in [0.2, 0.25) is 0 Å². The predicted molar refractivity (Wildman–Crippen MR) is 163 cm³/mol. The van der Waals surface area contributed by atoms with Crippen LogP contribution < -0.4 is 5.32 Å². The Balaban J connectivity index is 1.53. The minimum Gasteiger partial charge on any atom is -0.355 e. The van der Waals surface area contributed by atoms with E-state index in [1.165, 1.54) is 55.8 Å². The largest absolute Gasteiger partial charge is 0.355 e. The molecule has 5 aromatic rings. The van der Waals surface area contributed by atoms with E-state index in [9.17, 15) is 0 Å². The summed E-state index contributed by atoms with van der Waals surface area (Å²) in [6.45, 7) is 11.7. The fourth-order valence-electron chi connectivity index (χ4n) is 6.13. The van der Waals surface area contributed by atoms with E-state index >= 15 is 0 Å². The van der Waals surface area contributed by atoms with Crippen molar-refractivity contribution in [2.45, 2.75) is 45.4 Å². The number of benzene rings is 5. The van der Waals surface area contributed by atoms with Gasteiger partial charge >= 0.3 is 0 Å². The number of hydrogen-bond acceptors (Lipinski definition) is 1. The molecule has 0 spiro atoms. The van der Waals surface area contributed by atoms with Crippen LogP contribution in [0.2, 0.25) is 0 Å². The Morgan fingerprint density at radius 2 is 1.21 bits per heavy atom. The van der Waals surface area contributed by atoms with Gasteiger partial charge in [-0.2, -0.15) is 0 Å². The molecule has 0 amide bonds. The van der Waals surface area contributed by atoms with Crippen LogP contribution in [0, 0.1) is 0 Å². The average molecular weight is 494 g/mol. The third kappa shape index (κ3) is 4.03. The van der Waals surface area contributed by atoms with E-state index in [1.807, 2.05) is 0 Å². The molecule has 0 aromatic heterocycles. The van der Waals surface area contributed by atoms with Crippen molar-refractivity contribution in [1.29, 1.82) is 0 Å².